The molecule has 142 valence electrons. The van der Waals surface area contributed by atoms with Crippen LogP contribution in [0.2, 0.25) is 0 Å². The molecule has 3 aromatic rings. The topological polar surface area (TPSA) is 38.8 Å². The maximum atomic E-state index is 13.0. The second kappa shape index (κ2) is 8.39. The quantitative estimate of drug-likeness (QED) is 0.321. The molecule has 0 amide bonds. The largest absolute Gasteiger partial charge is 0.422 e. The van der Waals surface area contributed by atoms with Gasteiger partial charge in [-0.25, -0.2) is 4.79 Å². The van der Waals surface area contributed by atoms with E-state index in [4.69, 9.17) is 21.7 Å². The molecule has 1 saturated heterocycles. The van der Waals surface area contributed by atoms with Crippen molar-refractivity contribution in [2.24, 2.45) is 0 Å². The molecule has 0 radical (unpaired) electrons. The lowest BCUT2D eigenvalue weighted by atomic mass is 10.0. The highest BCUT2D eigenvalue weighted by Gasteiger charge is 2.21. The molecule has 0 bridgehead atoms. The second-order valence-electron chi connectivity index (χ2n) is 6.46. The molecule has 0 N–H and O–H groups in total. The summed E-state index contributed by atoms with van der Waals surface area (Å²) in [6, 6.07) is 18.9. The summed E-state index contributed by atoms with van der Waals surface area (Å²) in [7, 11) is 0. The molecular formula is C22H18BrNO3S. The third-order valence-corrected chi connectivity index (χ3v) is 5.65. The van der Waals surface area contributed by atoms with Crippen LogP contribution >= 0.6 is 28.1 Å². The Kier molecular flexibility index (Phi) is 5.71. The highest BCUT2D eigenvalue weighted by molar-refractivity contribution is 9.10. The maximum absolute atomic E-state index is 13.0. The van der Waals surface area contributed by atoms with E-state index >= 15 is 0 Å². The van der Waals surface area contributed by atoms with Crippen molar-refractivity contribution < 1.29 is 14.3 Å². The van der Waals surface area contributed by atoms with Crippen molar-refractivity contribution in [3.63, 3.8) is 0 Å². The first-order valence-corrected chi connectivity index (χ1v) is 10.2. The lowest BCUT2D eigenvalue weighted by Crippen LogP contribution is -2.40. The number of halogens is 1. The number of morpholine rings is 1. The average molecular weight is 456 g/mol. The van der Waals surface area contributed by atoms with E-state index in [1.165, 1.54) is 0 Å². The van der Waals surface area contributed by atoms with Gasteiger partial charge in [0, 0.05) is 17.6 Å². The normalized spacial score (nSPS) is 14.1. The fourth-order valence-electron chi connectivity index (χ4n) is 3.25. The number of thiocarbonyl (C=S) groups is 1. The van der Waals surface area contributed by atoms with Crippen LogP contribution in [0.5, 0.6) is 5.75 Å². The Morgan fingerprint density at radius 2 is 1.75 bits per heavy atom. The Morgan fingerprint density at radius 3 is 2.57 bits per heavy atom. The van der Waals surface area contributed by atoms with Gasteiger partial charge in [-0.3, -0.25) is 0 Å². The molecule has 4 rings (SSSR count). The van der Waals surface area contributed by atoms with Gasteiger partial charge in [0.1, 0.15) is 10.7 Å². The SMILES string of the molecule is O=C(Oc1ccc(Br)cc1C(=S)N1CCOCC1)c1cccc2ccccc12. The molecule has 3 aromatic carbocycles. The molecule has 0 unspecified atom stereocenters. The predicted molar refractivity (Wildman–Crippen MR) is 117 cm³/mol. The van der Waals surface area contributed by atoms with Crippen LogP contribution in [0.15, 0.2) is 65.1 Å². The molecule has 0 aliphatic carbocycles. The van der Waals surface area contributed by atoms with Gasteiger partial charge in [0.15, 0.2) is 0 Å². The minimum absolute atomic E-state index is 0.398. The fraction of sp³-hybridized carbons (Fsp3) is 0.182. The summed E-state index contributed by atoms with van der Waals surface area (Å²) in [5.41, 5.74) is 1.25. The van der Waals surface area contributed by atoms with Crippen LogP contribution in [0.3, 0.4) is 0 Å². The van der Waals surface area contributed by atoms with Crippen molar-refractivity contribution in [1.29, 1.82) is 0 Å². The standard InChI is InChI=1S/C22H18BrNO3S/c23-16-8-9-20(19(14-16)21(28)24-10-12-26-13-11-24)27-22(25)18-7-3-5-15-4-1-2-6-17(15)18/h1-9,14H,10-13H2. The maximum Gasteiger partial charge on any atom is 0.344 e. The van der Waals surface area contributed by atoms with E-state index in [0.29, 0.717) is 29.5 Å². The van der Waals surface area contributed by atoms with Crippen molar-refractivity contribution in [3.05, 3.63) is 76.3 Å². The van der Waals surface area contributed by atoms with Gasteiger partial charge in [0.05, 0.1) is 24.3 Å². The number of hydrogen-bond donors (Lipinski definition) is 0. The first kappa shape index (κ1) is 19.1. The van der Waals surface area contributed by atoms with Crippen molar-refractivity contribution >= 4 is 49.9 Å². The van der Waals surface area contributed by atoms with E-state index < -0.39 is 5.97 Å². The van der Waals surface area contributed by atoms with E-state index in [-0.39, 0.29) is 0 Å². The van der Waals surface area contributed by atoms with E-state index in [1.807, 2.05) is 48.5 Å². The number of carbonyl (C=O) groups is 1. The van der Waals surface area contributed by atoms with Crippen molar-refractivity contribution in [2.45, 2.75) is 0 Å². The number of esters is 1. The molecular weight excluding hydrogens is 438 g/mol. The monoisotopic (exact) mass is 455 g/mol. The number of nitrogens with zero attached hydrogens (tertiary/aromatic N) is 1. The lowest BCUT2D eigenvalue weighted by molar-refractivity contribution is 0.0687. The zero-order chi connectivity index (χ0) is 19.5. The smallest absolute Gasteiger partial charge is 0.344 e. The molecule has 1 heterocycles. The summed E-state index contributed by atoms with van der Waals surface area (Å²) in [5, 5.41) is 1.86. The van der Waals surface area contributed by atoms with E-state index in [9.17, 15) is 4.79 Å². The average Bonchev–Trinajstić information content (AvgIpc) is 2.74. The van der Waals surface area contributed by atoms with E-state index in [0.717, 1.165) is 33.9 Å². The van der Waals surface area contributed by atoms with Gasteiger partial charge in [-0.05, 0) is 35.0 Å². The minimum atomic E-state index is -0.398. The van der Waals surface area contributed by atoms with Gasteiger partial charge < -0.3 is 14.4 Å². The van der Waals surface area contributed by atoms with Gasteiger partial charge in [-0.2, -0.15) is 0 Å². The highest BCUT2D eigenvalue weighted by Crippen LogP contribution is 2.28. The molecule has 28 heavy (non-hydrogen) atoms. The number of hydrogen-bond acceptors (Lipinski definition) is 4. The highest BCUT2D eigenvalue weighted by atomic mass is 79.9. The number of ether oxygens (including phenoxy) is 2. The Hall–Kier alpha value is -2.28. The first-order chi connectivity index (χ1) is 13.6. The lowest BCUT2D eigenvalue weighted by Gasteiger charge is -2.29. The molecule has 0 atom stereocenters. The zero-order valence-electron chi connectivity index (χ0n) is 15.1. The Balaban J connectivity index is 1.66. The molecule has 4 nitrogen and oxygen atoms in total. The van der Waals surface area contributed by atoms with Crippen molar-refractivity contribution in [2.75, 3.05) is 26.3 Å². The van der Waals surface area contributed by atoms with Gasteiger partial charge in [-0.1, -0.05) is 64.5 Å². The summed E-state index contributed by atoms with van der Waals surface area (Å²) in [6.07, 6.45) is 0. The van der Waals surface area contributed by atoms with Crippen LogP contribution in [0.4, 0.5) is 0 Å². The third-order valence-electron chi connectivity index (χ3n) is 4.68. The predicted octanol–water partition coefficient (Wildman–Crippen LogP) is 4.83. The number of benzene rings is 3. The molecule has 0 saturated carbocycles. The molecule has 6 heteroatoms. The third kappa shape index (κ3) is 3.94. The summed E-state index contributed by atoms with van der Waals surface area (Å²) in [6.45, 7) is 2.72. The van der Waals surface area contributed by atoms with Crippen LogP contribution in [0.25, 0.3) is 10.8 Å². The molecule has 0 spiro atoms. The molecule has 1 aliphatic heterocycles. The second-order valence-corrected chi connectivity index (χ2v) is 7.76. The molecule has 1 aliphatic rings. The number of carbonyl (C=O) groups excluding carboxylic acids is 1. The van der Waals surface area contributed by atoms with Gasteiger partial charge in [0.2, 0.25) is 0 Å². The zero-order valence-corrected chi connectivity index (χ0v) is 17.5. The van der Waals surface area contributed by atoms with Gasteiger partial charge in [-0.15, -0.1) is 0 Å². The number of rotatable bonds is 3. The van der Waals surface area contributed by atoms with Crippen molar-refractivity contribution in [1.82, 2.24) is 4.90 Å². The van der Waals surface area contributed by atoms with E-state index in [1.54, 1.807) is 12.1 Å². The Bertz CT molecular complexity index is 1040. The minimum Gasteiger partial charge on any atom is -0.422 e. The van der Waals surface area contributed by atoms with Crippen LogP contribution < -0.4 is 4.74 Å². The van der Waals surface area contributed by atoms with E-state index in [2.05, 4.69) is 20.8 Å². The van der Waals surface area contributed by atoms with Crippen LogP contribution in [-0.4, -0.2) is 42.2 Å². The van der Waals surface area contributed by atoms with Gasteiger partial charge >= 0.3 is 5.97 Å². The van der Waals surface area contributed by atoms with Crippen LogP contribution in [-0.2, 0) is 4.74 Å². The molecule has 0 aromatic heterocycles. The summed E-state index contributed by atoms with van der Waals surface area (Å²) >= 11 is 9.18. The van der Waals surface area contributed by atoms with Crippen LogP contribution in [0.1, 0.15) is 15.9 Å². The van der Waals surface area contributed by atoms with Gasteiger partial charge in [0.25, 0.3) is 0 Å². The van der Waals surface area contributed by atoms with Crippen LogP contribution in [0, 0.1) is 0 Å². The summed E-state index contributed by atoms with van der Waals surface area (Å²) in [5.74, 6) is 0.0581. The first-order valence-electron chi connectivity index (χ1n) is 9.00. The summed E-state index contributed by atoms with van der Waals surface area (Å²) in [4.78, 5) is 15.7. The summed E-state index contributed by atoms with van der Waals surface area (Å²) < 4.78 is 12.1. The molecule has 1 fully saturated rings. The van der Waals surface area contributed by atoms with Crippen molar-refractivity contribution in [3.8, 4) is 5.75 Å². The number of fused-ring (bicyclic) bond motifs is 1. The Morgan fingerprint density at radius 1 is 1.00 bits per heavy atom. The fourth-order valence-corrected chi connectivity index (χ4v) is 3.96. The Labute approximate surface area is 177 Å².